The maximum absolute atomic E-state index is 12.5. The normalized spacial score (nSPS) is 12.1. The van der Waals surface area contributed by atoms with Gasteiger partial charge in [0.05, 0.1) is 10.8 Å². The molecule has 0 saturated carbocycles. The Labute approximate surface area is 152 Å². The quantitative estimate of drug-likeness (QED) is 0.538. The Balaban J connectivity index is 1.75. The topological polar surface area (TPSA) is 54.9 Å². The van der Waals surface area contributed by atoms with Crippen LogP contribution in [0, 0.1) is 6.92 Å². The van der Waals surface area contributed by atoms with E-state index in [4.69, 9.17) is 0 Å². The fourth-order valence-electron chi connectivity index (χ4n) is 2.54. The number of rotatable bonds is 5. The minimum atomic E-state index is -0.261. The van der Waals surface area contributed by atoms with Gasteiger partial charge in [0.1, 0.15) is 10.9 Å². The Hall–Kier alpha value is -2.40. The largest absolute Gasteiger partial charge is 0.325 e. The average Bonchev–Trinajstić information content (AvgIpc) is 2.62. The van der Waals surface area contributed by atoms with E-state index in [-0.39, 0.29) is 11.2 Å². The van der Waals surface area contributed by atoms with Gasteiger partial charge in [0.25, 0.3) is 0 Å². The fraction of sp³-hybridized carbons (Fsp3) is 0.250. The molecule has 3 aromatic rings. The summed E-state index contributed by atoms with van der Waals surface area (Å²) in [5, 5.41) is 4.53. The number of carbonyl (C=O) groups is 1. The molecule has 1 amide bonds. The van der Waals surface area contributed by atoms with Gasteiger partial charge in [-0.3, -0.25) is 4.79 Å². The molecule has 0 aliphatic carbocycles. The summed E-state index contributed by atoms with van der Waals surface area (Å²) in [4.78, 5) is 21.5. The van der Waals surface area contributed by atoms with Crippen molar-refractivity contribution in [2.75, 3.05) is 5.32 Å². The molecule has 0 fully saturated rings. The molecule has 0 aliphatic rings. The molecule has 0 radical (unpaired) electrons. The van der Waals surface area contributed by atoms with Gasteiger partial charge >= 0.3 is 0 Å². The second-order valence-corrected chi connectivity index (χ2v) is 7.22. The van der Waals surface area contributed by atoms with Crippen LogP contribution in [0.2, 0.25) is 0 Å². The number of amides is 1. The number of carbonyl (C=O) groups excluding carboxylic acids is 1. The van der Waals surface area contributed by atoms with Crippen LogP contribution in [0.5, 0.6) is 0 Å². The second-order valence-electron chi connectivity index (χ2n) is 5.89. The molecule has 0 spiro atoms. The lowest BCUT2D eigenvalue weighted by atomic mass is 10.1. The lowest BCUT2D eigenvalue weighted by Crippen LogP contribution is -2.22. The third-order valence-corrected chi connectivity index (χ3v) is 5.07. The molecule has 0 bridgehead atoms. The summed E-state index contributed by atoms with van der Waals surface area (Å²) in [5.74, 6) is 0.679. The first-order valence-corrected chi connectivity index (χ1v) is 9.24. The predicted octanol–water partition coefficient (Wildman–Crippen LogP) is 4.62. The summed E-state index contributed by atoms with van der Waals surface area (Å²) in [6, 6.07) is 15.8. The highest BCUT2D eigenvalue weighted by Crippen LogP contribution is 2.29. The Kier molecular flexibility index (Phi) is 5.34. The van der Waals surface area contributed by atoms with Crippen LogP contribution in [0.1, 0.15) is 25.2 Å². The number of hydrogen-bond acceptors (Lipinski definition) is 4. The highest BCUT2D eigenvalue weighted by molar-refractivity contribution is 8.00. The monoisotopic (exact) mass is 351 g/mol. The Morgan fingerprint density at radius 1 is 1.12 bits per heavy atom. The van der Waals surface area contributed by atoms with E-state index in [2.05, 4.69) is 22.2 Å². The van der Waals surface area contributed by atoms with Crippen LogP contribution in [0.25, 0.3) is 10.9 Å². The number of benzene rings is 2. The number of nitrogens with one attached hydrogen (secondary N) is 1. The number of para-hydroxylation sites is 1. The molecule has 128 valence electrons. The van der Waals surface area contributed by atoms with Gasteiger partial charge in [0.2, 0.25) is 5.91 Å². The molecule has 1 atom stereocenters. The van der Waals surface area contributed by atoms with Crippen molar-refractivity contribution in [1.82, 2.24) is 9.97 Å². The first kappa shape index (κ1) is 17.4. The van der Waals surface area contributed by atoms with Crippen molar-refractivity contribution in [1.29, 1.82) is 0 Å². The van der Waals surface area contributed by atoms with Crippen molar-refractivity contribution in [3.8, 4) is 0 Å². The molecule has 0 saturated heterocycles. The van der Waals surface area contributed by atoms with E-state index < -0.39 is 0 Å². The predicted molar refractivity (Wildman–Crippen MR) is 104 cm³/mol. The van der Waals surface area contributed by atoms with E-state index in [0.29, 0.717) is 5.82 Å². The number of aryl methyl sites for hydroxylation is 2. The maximum Gasteiger partial charge on any atom is 0.237 e. The van der Waals surface area contributed by atoms with Gasteiger partial charge in [-0.2, -0.15) is 0 Å². The highest BCUT2D eigenvalue weighted by Gasteiger charge is 2.17. The van der Waals surface area contributed by atoms with Crippen molar-refractivity contribution >= 4 is 34.3 Å². The van der Waals surface area contributed by atoms with E-state index in [1.165, 1.54) is 17.3 Å². The minimum absolute atomic E-state index is 0.0328. The molecule has 1 unspecified atom stereocenters. The summed E-state index contributed by atoms with van der Waals surface area (Å²) < 4.78 is 0. The Morgan fingerprint density at radius 2 is 1.84 bits per heavy atom. The van der Waals surface area contributed by atoms with E-state index in [9.17, 15) is 4.79 Å². The smallest absolute Gasteiger partial charge is 0.237 e. The summed E-state index contributed by atoms with van der Waals surface area (Å²) in [6.07, 6.45) is 0.987. The number of thioether (sulfide) groups is 1. The van der Waals surface area contributed by atoms with Gasteiger partial charge in [-0.15, -0.1) is 0 Å². The third kappa shape index (κ3) is 4.17. The van der Waals surface area contributed by atoms with Crippen molar-refractivity contribution in [3.05, 3.63) is 59.9 Å². The van der Waals surface area contributed by atoms with Crippen LogP contribution >= 0.6 is 11.8 Å². The lowest BCUT2D eigenvalue weighted by Gasteiger charge is -2.13. The zero-order valence-corrected chi connectivity index (χ0v) is 15.4. The Bertz CT molecular complexity index is 893. The van der Waals surface area contributed by atoms with Crippen LogP contribution < -0.4 is 5.32 Å². The summed E-state index contributed by atoms with van der Waals surface area (Å²) in [5.41, 5.74) is 2.97. The van der Waals surface area contributed by atoms with Crippen molar-refractivity contribution < 1.29 is 4.79 Å². The van der Waals surface area contributed by atoms with Gasteiger partial charge in [-0.05, 0) is 44.0 Å². The van der Waals surface area contributed by atoms with Crippen molar-refractivity contribution in [2.24, 2.45) is 0 Å². The molecular weight excluding hydrogens is 330 g/mol. The third-order valence-electron chi connectivity index (χ3n) is 3.97. The van der Waals surface area contributed by atoms with Gasteiger partial charge in [-0.1, -0.05) is 49.0 Å². The van der Waals surface area contributed by atoms with E-state index in [0.717, 1.165) is 28.0 Å². The molecule has 1 N–H and O–H groups in total. The van der Waals surface area contributed by atoms with Crippen LogP contribution in [0.4, 0.5) is 5.69 Å². The van der Waals surface area contributed by atoms with E-state index in [1.807, 2.05) is 62.4 Å². The van der Waals surface area contributed by atoms with Gasteiger partial charge in [-0.25, -0.2) is 9.97 Å². The summed E-state index contributed by atoms with van der Waals surface area (Å²) in [7, 11) is 0. The number of hydrogen-bond donors (Lipinski definition) is 1. The molecule has 4 nitrogen and oxygen atoms in total. The molecule has 0 aliphatic heterocycles. The van der Waals surface area contributed by atoms with Crippen LogP contribution in [0.15, 0.2) is 53.6 Å². The molecular formula is C20H21N3OS. The SMILES string of the molecule is CCc1ccc(NC(=O)C(C)Sc2nc(C)nc3ccccc23)cc1. The molecule has 3 rings (SSSR count). The summed E-state index contributed by atoms with van der Waals surface area (Å²) in [6.45, 7) is 5.88. The lowest BCUT2D eigenvalue weighted by molar-refractivity contribution is -0.115. The average molecular weight is 351 g/mol. The van der Waals surface area contributed by atoms with E-state index in [1.54, 1.807) is 0 Å². The molecule has 1 aromatic heterocycles. The molecule has 1 heterocycles. The fourth-order valence-corrected chi connectivity index (χ4v) is 3.52. The first-order chi connectivity index (χ1) is 12.1. The zero-order valence-electron chi connectivity index (χ0n) is 14.6. The molecule has 25 heavy (non-hydrogen) atoms. The standard InChI is InChI=1S/C20H21N3OS/c1-4-15-9-11-16(12-10-15)23-19(24)13(2)25-20-17-7-5-6-8-18(17)21-14(3)22-20/h5-13H,4H2,1-3H3,(H,23,24). The Morgan fingerprint density at radius 3 is 2.56 bits per heavy atom. The van der Waals surface area contributed by atoms with Crippen LogP contribution in [0.3, 0.4) is 0 Å². The van der Waals surface area contributed by atoms with Crippen LogP contribution in [-0.4, -0.2) is 21.1 Å². The van der Waals surface area contributed by atoms with Gasteiger partial charge in [0.15, 0.2) is 0 Å². The molecule has 2 aromatic carbocycles. The highest BCUT2D eigenvalue weighted by atomic mass is 32.2. The van der Waals surface area contributed by atoms with Crippen molar-refractivity contribution in [2.45, 2.75) is 37.5 Å². The zero-order chi connectivity index (χ0) is 17.8. The minimum Gasteiger partial charge on any atom is -0.325 e. The van der Waals surface area contributed by atoms with Gasteiger partial charge < -0.3 is 5.32 Å². The van der Waals surface area contributed by atoms with E-state index >= 15 is 0 Å². The second kappa shape index (κ2) is 7.66. The number of fused-ring (bicyclic) bond motifs is 1. The first-order valence-electron chi connectivity index (χ1n) is 8.36. The number of aromatic nitrogens is 2. The number of anilines is 1. The molecule has 5 heteroatoms. The number of nitrogens with zero attached hydrogens (tertiary/aromatic N) is 2. The van der Waals surface area contributed by atoms with Crippen molar-refractivity contribution in [3.63, 3.8) is 0 Å². The van der Waals surface area contributed by atoms with Crippen LogP contribution in [-0.2, 0) is 11.2 Å². The summed E-state index contributed by atoms with van der Waals surface area (Å²) >= 11 is 1.46. The maximum atomic E-state index is 12.5. The van der Waals surface area contributed by atoms with Gasteiger partial charge in [0, 0.05) is 11.1 Å².